The molecule has 26 heavy (non-hydrogen) atoms. The van der Waals surface area contributed by atoms with Crippen molar-refractivity contribution in [3.05, 3.63) is 71.6 Å². The second kappa shape index (κ2) is 8.45. The number of nitrogens with zero attached hydrogens (tertiary/aromatic N) is 1. The Labute approximate surface area is 157 Å². The first-order valence-corrected chi connectivity index (χ1v) is 9.25. The van der Waals surface area contributed by atoms with Gasteiger partial charge < -0.3 is 4.74 Å². The highest BCUT2D eigenvalue weighted by atomic mass is 32.1. The first-order valence-electron chi connectivity index (χ1n) is 8.37. The van der Waals surface area contributed by atoms with E-state index in [0.717, 1.165) is 22.6 Å². The van der Waals surface area contributed by atoms with Crippen LogP contribution in [0.1, 0.15) is 19.4 Å². The first-order chi connectivity index (χ1) is 12.6. The molecule has 0 atom stereocenters. The minimum absolute atomic E-state index is 0.144. The molecule has 132 valence electrons. The first kappa shape index (κ1) is 17.9. The quantitative estimate of drug-likeness (QED) is 0.608. The van der Waals surface area contributed by atoms with Crippen LogP contribution in [0.3, 0.4) is 0 Å². The lowest BCUT2D eigenvalue weighted by Gasteiger charge is -2.09. The van der Waals surface area contributed by atoms with Gasteiger partial charge in [-0.2, -0.15) is 0 Å². The fourth-order valence-electron chi connectivity index (χ4n) is 2.32. The van der Waals surface area contributed by atoms with Crippen molar-refractivity contribution in [2.45, 2.75) is 20.0 Å². The molecule has 3 aromatic rings. The summed E-state index contributed by atoms with van der Waals surface area (Å²) in [7, 11) is 0. The van der Waals surface area contributed by atoms with Crippen LogP contribution in [-0.2, 0) is 4.79 Å². The average Bonchev–Trinajstić information content (AvgIpc) is 3.09. The number of anilines is 1. The molecule has 0 saturated carbocycles. The van der Waals surface area contributed by atoms with E-state index in [0.29, 0.717) is 5.13 Å². The molecule has 1 aromatic heterocycles. The van der Waals surface area contributed by atoms with Gasteiger partial charge in [0.25, 0.3) is 0 Å². The van der Waals surface area contributed by atoms with Crippen molar-refractivity contribution in [3.8, 4) is 17.0 Å². The van der Waals surface area contributed by atoms with Crippen LogP contribution in [0.5, 0.6) is 5.75 Å². The van der Waals surface area contributed by atoms with E-state index in [4.69, 9.17) is 4.74 Å². The maximum absolute atomic E-state index is 12.0. The van der Waals surface area contributed by atoms with Crippen LogP contribution in [0.2, 0.25) is 0 Å². The van der Waals surface area contributed by atoms with Gasteiger partial charge in [-0.25, -0.2) is 4.98 Å². The predicted molar refractivity (Wildman–Crippen MR) is 107 cm³/mol. The highest BCUT2D eigenvalue weighted by Crippen LogP contribution is 2.26. The number of hydrogen-bond acceptors (Lipinski definition) is 4. The number of ether oxygens (including phenoxy) is 1. The molecule has 0 bridgehead atoms. The van der Waals surface area contributed by atoms with Crippen LogP contribution < -0.4 is 10.1 Å². The van der Waals surface area contributed by atoms with Gasteiger partial charge in [0.05, 0.1) is 11.8 Å². The number of amides is 1. The van der Waals surface area contributed by atoms with Crippen molar-refractivity contribution in [1.82, 2.24) is 4.98 Å². The Morgan fingerprint density at radius 3 is 2.54 bits per heavy atom. The zero-order valence-electron chi connectivity index (χ0n) is 14.7. The Kier molecular flexibility index (Phi) is 5.81. The largest absolute Gasteiger partial charge is 0.491 e. The fourth-order valence-corrected chi connectivity index (χ4v) is 3.05. The van der Waals surface area contributed by atoms with E-state index in [1.165, 1.54) is 17.4 Å². The van der Waals surface area contributed by atoms with E-state index in [-0.39, 0.29) is 12.0 Å². The molecule has 1 N–H and O–H groups in total. The van der Waals surface area contributed by atoms with E-state index in [9.17, 15) is 4.79 Å². The molecule has 0 aliphatic rings. The van der Waals surface area contributed by atoms with E-state index in [2.05, 4.69) is 10.3 Å². The van der Waals surface area contributed by atoms with Crippen LogP contribution >= 0.6 is 11.3 Å². The lowest BCUT2D eigenvalue weighted by molar-refractivity contribution is -0.111. The van der Waals surface area contributed by atoms with Gasteiger partial charge in [-0.15, -0.1) is 11.3 Å². The minimum Gasteiger partial charge on any atom is -0.491 e. The van der Waals surface area contributed by atoms with E-state index >= 15 is 0 Å². The van der Waals surface area contributed by atoms with Gasteiger partial charge in [0.2, 0.25) is 5.91 Å². The van der Waals surface area contributed by atoms with Crippen molar-refractivity contribution in [3.63, 3.8) is 0 Å². The zero-order chi connectivity index (χ0) is 18.4. The average molecular weight is 364 g/mol. The van der Waals surface area contributed by atoms with Crippen LogP contribution in [0.25, 0.3) is 17.3 Å². The number of aromatic nitrogens is 1. The van der Waals surface area contributed by atoms with Gasteiger partial charge >= 0.3 is 0 Å². The summed E-state index contributed by atoms with van der Waals surface area (Å²) in [5.41, 5.74) is 2.79. The van der Waals surface area contributed by atoms with E-state index in [1.54, 1.807) is 6.08 Å². The maximum Gasteiger partial charge on any atom is 0.250 e. The monoisotopic (exact) mass is 364 g/mol. The molecule has 1 heterocycles. The van der Waals surface area contributed by atoms with Gasteiger partial charge in [0.1, 0.15) is 5.75 Å². The summed E-state index contributed by atoms with van der Waals surface area (Å²) in [6.45, 7) is 3.99. The van der Waals surface area contributed by atoms with Crippen molar-refractivity contribution >= 4 is 28.5 Å². The second-order valence-electron chi connectivity index (χ2n) is 5.96. The summed E-state index contributed by atoms with van der Waals surface area (Å²) >= 11 is 1.40. The molecule has 2 aromatic carbocycles. The number of hydrogen-bond donors (Lipinski definition) is 1. The number of carbonyl (C=O) groups is 1. The van der Waals surface area contributed by atoms with Crippen LogP contribution in [0, 0.1) is 0 Å². The van der Waals surface area contributed by atoms with Crippen LogP contribution in [0.15, 0.2) is 66.1 Å². The maximum atomic E-state index is 12.0. The molecule has 0 aliphatic heterocycles. The smallest absolute Gasteiger partial charge is 0.250 e. The molecule has 1 amide bonds. The van der Waals surface area contributed by atoms with Crippen LogP contribution in [-0.4, -0.2) is 17.0 Å². The number of benzene rings is 2. The normalized spacial score (nSPS) is 11.0. The Balaban J connectivity index is 1.62. The second-order valence-corrected chi connectivity index (χ2v) is 6.82. The van der Waals surface area contributed by atoms with Gasteiger partial charge in [0.15, 0.2) is 5.13 Å². The van der Waals surface area contributed by atoms with Crippen LogP contribution in [0.4, 0.5) is 5.13 Å². The van der Waals surface area contributed by atoms with E-state index in [1.807, 2.05) is 73.8 Å². The molecule has 3 rings (SSSR count). The Morgan fingerprint density at radius 1 is 1.12 bits per heavy atom. The third kappa shape index (κ3) is 5.04. The molecule has 0 unspecified atom stereocenters. The highest BCUT2D eigenvalue weighted by molar-refractivity contribution is 7.14. The molecule has 0 aliphatic carbocycles. The molecular weight excluding hydrogens is 344 g/mol. The number of carbonyl (C=O) groups excluding carboxylic acids is 1. The van der Waals surface area contributed by atoms with Gasteiger partial charge in [-0.3, -0.25) is 10.1 Å². The topological polar surface area (TPSA) is 51.2 Å². The molecule has 5 heteroatoms. The lowest BCUT2D eigenvalue weighted by Crippen LogP contribution is -2.07. The molecule has 0 saturated heterocycles. The van der Waals surface area contributed by atoms with Crippen molar-refractivity contribution < 1.29 is 9.53 Å². The molecular formula is C21H20N2O2S. The highest BCUT2D eigenvalue weighted by Gasteiger charge is 2.07. The third-order valence-corrected chi connectivity index (χ3v) is 4.24. The van der Waals surface area contributed by atoms with E-state index < -0.39 is 0 Å². The summed E-state index contributed by atoms with van der Waals surface area (Å²) in [5.74, 6) is 0.633. The Morgan fingerprint density at radius 2 is 1.85 bits per heavy atom. The molecule has 0 fully saturated rings. The van der Waals surface area contributed by atoms with Crippen molar-refractivity contribution in [2.24, 2.45) is 0 Å². The number of nitrogens with one attached hydrogen (secondary N) is 1. The van der Waals surface area contributed by atoms with Gasteiger partial charge in [-0.1, -0.05) is 30.3 Å². The third-order valence-electron chi connectivity index (χ3n) is 3.48. The van der Waals surface area contributed by atoms with Gasteiger partial charge in [0, 0.05) is 17.0 Å². The van der Waals surface area contributed by atoms with Gasteiger partial charge in [-0.05, 0) is 49.8 Å². The summed E-state index contributed by atoms with van der Waals surface area (Å²) in [6.07, 6.45) is 3.43. The Bertz CT molecular complexity index is 884. The molecule has 0 spiro atoms. The lowest BCUT2D eigenvalue weighted by atomic mass is 10.2. The van der Waals surface area contributed by atoms with Crippen molar-refractivity contribution in [2.75, 3.05) is 5.32 Å². The summed E-state index contributed by atoms with van der Waals surface area (Å²) < 4.78 is 5.64. The predicted octanol–water partition coefficient (Wildman–Crippen LogP) is 5.25. The summed E-state index contributed by atoms with van der Waals surface area (Å²) in [4.78, 5) is 16.5. The minimum atomic E-state index is -0.199. The standard InChI is InChI=1S/C21H20N2O2S/c1-15(2)25-18-11-9-17(10-12-18)19-14-26-21(22-19)23-20(24)13-8-16-6-4-3-5-7-16/h3-15H,1-2H3,(H,22,23,24). The number of rotatable bonds is 6. The summed E-state index contributed by atoms with van der Waals surface area (Å²) in [6, 6.07) is 17.5. The van der Waals surface area contributed by atoms with Crippen molar-refractivity contribution in [1.29, 1.82) is 0 Å². The fraction of sp³-hybridized carbons (Fsp3) is 0.143. The molecule has 0 radical (unpaired) electrons. The Hall–Kier alpha value is -2.92. The molecule has 4 nitrogen and oxygen atoms in total. The zero-order valence-corrected chi connectivity index (χ0v) is 15.5. The summed E-state index contributed by atoms with van der Waals surface area (Å²) in [5, 5.41) is 5.30. The SMILES string of the molecule is CC(C)Oc1ccc(-c2csc(NC(=O)C=Cc3ccccc3)n2)cc1. The number of thiazole rings is 1.